The molecule has 4 heteroatoms. The number of likely N-dealkylation sites (N-methyl/N-ethyl adjacent to an activating group) is 1. The van der Waals surface area contributed by atoms with Crippen molar-refractivity contribution < 1.29 is 0 Å². The second kappa shape index (κ2) is 6.29. The van der Waals surface area contributed by atoms with Crippen LogP contribution in [0.1, 0.15) is 12.1 Å². The summed E-state index contributed by atoms with van der Waals surface area (Å²) < 4.78 is 1.14. The molecule has 1 aromatic heterocycles. The zero-order valence-electron chi connectivity index (χ0n) is 12.0. The van der Waals surface area contributed by atoms with Crippen molar-refractivity contribution in [3.63, 3.8) is 0 Å². The van der Waals surface area contributed by atoms with E-state index in [1.807, 2.05) is 0 Å². The van der Waals surface area contributed by atoms with Crippen molar-refractivity contribution in [2.24, 2.45) is 0 Å². The van der Waals surface area contributed by atoms with Crippen molar-refractivity contribution >= 4 is 26.8 Å². The largest absolute Gasteiger partial charge is 0.358 e. The molecule has 0 spiro atoms. The lowest BCUT2D eigenvalue weighted by Gasteiger charge is -2.32. The van der Waals surface area contributed by atoms with Gasteiger partial charge in [0.25, 0.3) is 0 Å². The van der Waals surface area contributed by atoms with Crippen LogP contribution in [0.3, 0.4) is 0 Å². The van der Waals surface area contributed by atoms with E-state index in [1.165, 1.54) is 55.7 Å². The number of nitrogens with one attached hydrogen (secondary N) is 1. The van der Waals surface area contributed by atoms with Crippen LogP contribution in [0.5, 0.6) is 0 Å². The Hall–Kier alpha value is -0.840. The van der Waals surface area contributed by atoms with Crippen molar-refractivity contribution in [3.8, 4) is 0 Å². The zero-order chi connectivity index (χ0) is 13.9. The van der Waals surface area contributed by atoms with Gasteiger partial charge in [0, 0.05) is 41.9 Å². The average molecular weight is 336 g/mol. The van der Waals surface area contributed by atoms with Crippen LogP contribution in [-0.4, -0.2) is 54.6 Å². The van der Waals surface area contributed by atoms with Crippen LogP contribution in [0.2, 0.25) is 0 Å². The van der Waals surface area contributed by atoms with Crippen LogP contribution in [-0.2, 0) is 6.42 Å². The first kappa shape index (κ1) is 14.1. The highest BCUT2D eigenvalue weighted by molar-refractivity contribution is 9.10. The lowest BCUT2D eigenvalue weighted by molar-refractivity contribution is 0.153. The number of aromatic amines is 1. The molecular weight excluding hydrogens is 314 g/mol. The Morgan fingerprint density at radius 2 is 1.95 bits per heavy atom. The van der Waals surface area contributed by atoms with E-state index in [0.717, 1.165) is 10.9 Å². The van der Waals surface area contributed by atoms with E-state index in [2.05, 4.69) is 62.0 Å². The number of aryl methyl sites for hydroxylation is 1. The van der Waals surface area contributed by atoms with Crippen LogP contribution in [0.15, 0.2) is 28.7 Å². The Morgan fingerprint density at radius 3 is 2.75 bits per heavy atom. The lowest BCUT2D eigenvalue weighted by Crippen LogP contribution is -2.44. The number of H-pyrrole nitrogens is 1. The first-order valence-corrected chi connectivity index (χ1v) is 8.18. The fraction of sp³-hybridized carbons (Fsp3) is 0.500. The summed E-state index contributed by atoms with van der Waals surface area (Å²) in [5, 5.41) is 1.31. The minimum atomic E-state index is 1.14. The van der Waals surface area contributed by atoms with E-state index in [-0.39, 0.29) is 0 Å². The zero-order valence-corrected chi connectivity index (χ0v) is 13.6. The summed E-state index contributed by atoms with van der Waals surface area (Å²) in [5.41, 5.74) is 2.58. The third kappa shape index (κ3) is 3.43. The minimum Gasteiger partial charge on any atom is -0.358 e. The first-order chi connectivity index (χ1) is 9.70. The Kier molecular flexibility index (Phi) is 4.44. The third-order valence-corrected chi connectivity index (χ3v) is 4.65. The number of aromatic nitrogens is 1. The van der Waals surface area contributed by atoms with E-state index in [0.29, 0.717) is 0 Å². The predicted octanol–water partition coefficient (Wildman–Crippen LogP) is 3.11. The summed E-state index contributed by atoms with van der Waals surface area (Å²) in [6, 6.07) is 8.70. The summed E-state index contributed by atoms with van der Waals surface area (Å²) in [4.78, 5) is 8.52. The third-order valence-electron chi connectivity index (χ3n) is 4.16. The second-order valence-corrected chi connectivity index (χ2v) is 6.69. The van der Waals surface area contributed by atoms with E-state index < -0.39 is 0 Å². The SMILES string of the molecule is CN1CCN(CCCc2cc3ccc(Br)cc3[nH]2)CC1. The highest BCUT2D eigenvalue weighted by atomic mass is 79.9. The molecule has 1 N–H and O–H groups in total. The fourth-order valence-electron chi connectivity index (χ4n) is 2.86. The monoisotopic (exact) mass is 335 g/mol. The molecule has 0 radical (unpaired) electrons. The summed E-state index contributed by atoms with van der Waals surface area (Å²) >= 11 is 3.52. The van der Waals surface area contributed by atoms with Gasteiger partial charge in [-0.25, -0.2) is 0 Å². The van der Waals surface area contributed by atoms with E-state index >= 15 is 0 Å². The standard InChI is InChI=1S/C16H22BrN3/c1-19-7-9-20(10-8-19)6-2-3-15-11-13-4-5-14(17)12-16(13)18-15/h4-5,11-12,18H,2-3,6-10H2,1H3. The van der Waals surface area contributed by atoms with Crippen molar-refractivity contribution in [2.75, 3.05) is 39.8 Å². The predicted molar refractivity (Wildman–Crippen MR) is 88.3 cm³/mol. The molecule has 1 aliphatic heterocycles. The van der Waals surface area contributed by atoms with Gasteiger partial charge in [0.2, 0.25) is 0 Å². The highest BCUT2D eigenvalue weighted by Gasteiger charge is 2.13. The molecule has 1 saturated heterocycles. The van der Waals surface area contributed by atoms with E-state index in [4.69, 9.17) is 0 Å². The second-order valence-electron chi connectivity index (χ2n) is 5.77. The van der Waals surface area contributed by atoms with Gasteiger partial charge in [-0.2, -0.15) is 0 Å². The van der Waals surface area contributed by atoms with Crippen LogP contribution >= 0.6 is 15.9 Å². The van der Waals surface area contributed by atoms with Gasteiger partial charge in [0.05, 0.1) is 0 Å². The number of hydrogen-bond donors (Lipinski definition) is 1. The van der Waals surface area contributed by atoms with Crippen molar-refractivity contribution in [2.45, 2.75) is 12.8 Å². The van der Waals surface area contributed by atoms with E-state index in [9.17, 15) is 0 Å². The maximum Gasteiger partial charge on any atom is 0.0467 e. The van der Waals surface area contributed by atoms with Gasteiger partial charge in [0.15, 0.2) is 0 Å². The molecule has 2 heterocycles. The van der Waals surface area contributed by atoms with Crippen LogP contribution in [0.25, 0.3) is 10.9 Å². The van der Waals surface area contributed by atoms with Crippen LogP contribution < -0.4 is 0 Å². The number of nitrogens with zero attached hydrogens (tertiary/aromatic N) is 2. The Morgan fingerprint density at radius 1 is 1.15 bits per heavy atom. The summed E-state index contributed by atoms with van der Waals surface area (Å²) in [7, 11) is 2.21. The van der Waals surface area contributed by atoms with Crippen LogP contribution in [0, 0.1) is 0 Å². The number of fused-ring (bicyclic) bond motifs is 1. The molecule has 3 rings (SSSR count). The molecule has 0 amide bonds. The van der Waals surface area contributed by atoms with Crippen molar-refractivity contribution in [1.82, 2.24) is 14.8 Å². The summed E-state index contributed by atoms with van der Waals surface area (Å²) in [6.45, 7) is 6.07. The first-order valence-electron chi connectivity index (χ1n) is 7.39. The lowest BCUT2D eigenvalue weighted by atomic mass is 10.2. The maximum atomic E-state index is 3.52. The normalized spacial score (nSPS) is 17.9. The van der Waals surface area contributed by atoms with Crippen LogP contribution in [0.4, 0.5) is 0 Å². The molecule has 0 bridgehead atoms. The van der Waals surface area contributed by atoms with E-state index in [1.54, 1.807) is 0 Å². The molecular formula is C16H22BrN3. The van der Waals surface area contributed by atoms with Gasteiger partial charge in [-0.15, -0.1) is 0 Å². The average Bonchev–Trinajstić information content (AvgIpc) is 2.83. The Labute approximate surface area is 129 Å². The van der Waals surface area contributed by atoms with Gasteiger partial charge in [-0.1, -0.05) is 22.0 Å². The Bertz CT molecular complexity index is 570. The molecule has 108 valence electrons. The topological polar surface area (TPSA) is 22.3 Å². The molecule has 20 heavy (non-hydrogen) atoms. The molecule has 2 aromatic rings. The minimum absolute atomic E-state index is 1.14. The van der Waals surface area contributed by atoms with Crippen molar-refractivity contribution in [3.05, 3.63) is 34.4 Å². The van der Waals surface area contributed by atoms with Crippen molar-refractivity contribution in [1.29, 1.82) is 0 Å². The smallest absolute Gasteiger partial charge is 0.0467 e. The number of rotatable bonds is 4. The molecule has 0 atom stereocenters. The molecule has 0 aliphatic carbocycles. The molecule has 0 unspecified atom stereocenters. The van der Waals surface area contributed by atoms with Gasteiger partial charge in [0.1, 0.15) is 0 Å². The molecule has 1 aliphatic rings. The van der Waals surface area contributed by atoms with Gasteiger partial charge < -0.3 is 14.8 Å². The summed E-state index contributed by atoms with van der Waals surface area (Å²) in [5.74, 6) is 0. The Balaban J connectivity index is 1.52. The maximum absolute atomic E-state index is 3.52. The number of halogens is 1. The number of hydrogen-bond acceptors (Lipinski definition) is 2. The highest BCUT2D eigenvalue weighted by Crippen LogP contribution is 2.21. The number of piperazine rings is 1. The molecule has 0 saturated carbocycles. The van der Waals surface area contributed by atoms with Gasteiger partial charge in [-0.3, -0.25) is 0 Å². The van der Waals surface area contributed by atoms with Gasteiger partial charge >= 0.3 is 0 Å². The summed E-state index contributed by atoms with van der Waals surface area (Å²) in [6.07, 6.45) is 2.37. The molecule has 3 nitrogen and oxygen atoms in total. The number of benzene rings is 1. The van der Waals surface area contributed by atoms with Gasteiger partial charge in [-0.05, 0) is 50.0 Å². The molecule has 1 fully saturated rings. The quantitative estimate of drug-likeness (QED) is 0.927. The fourth-order valence-corrected chi connectivity index (χ4v) is 3.22. The molecule has 1 aromatic carbocycles.